The lowest BCUT2D eigenvalue weighted by Crippen LogP contribution is -2.21. The van der Waals surface area contributed by atoms with E-state index in [1.54, 1.807) is 24.3 Å². The second-order valence-electron chi connectivity index (χ2n) is 3.81. The Morgan fingerprint density at radius 2 is 2.00 bits per heavy atom. The summed E-state index contributed by atoms with van der Waals surface area (Å²) in [6, 6.07) is 8.36. The summed E-state index contributed by atoms with van der Waals surface area (Å²) in [6.45, 7) is 0. The van der Waals surface area contributed by atoms with Crippen molar-refractivity contribution < 1.29 is 18.0 Å². The number of aromatic nitrogens is 1. The molecule has 0 amide bonds. The molecule has 0 saturated carbocycles. The second-order valence-corrected chi connectivity index (χ2v) is 3.81. The topological polar surface area (TPSA) is 32.9 Å². The fraction of sp³-hybridized carbons (Fsp3) is 0.250. The first-order valence-electron chi connectivity index (χ1n) is 5.10. The zero-order chi connectivity index (χ0) is 12.5. The van der Waals surface area contributed by atoms with Gasteiger partial charge in [-0.25, -0.2) is 0 Å². The van der Waals surface area contributed by atoms with Gasteiger partial charge in [0.1, 0.15) is 12.2 Å². The number of aldehydes is 1. The number of carbonyl (C=O) groups excluding carboxylic acids is 1. The van der Waals surface area contributed by atoms with E-state index < -0.39 is 18.5 Å². The molecule has 90 valence electrons. The summed E-state index contributed by atoms with van der Waals surface area (Å²) in [5.41, 5.74) is 0.674. The van der Waals surface area contributed by atoms with Gasteiger partial charge in [0, 0.05) is 17.6 Å². The third kappa shape index (κ3) is 2.33. The van der Waals surface area contributed by atoms with Crippen molar-refractivity contribution in [1.29, 1.82) is 0 Å². The minimum Gasteiger partial charge on any atom is -0.358 e. The molecule has 0 fully saturated rings. The number of para-hydroxylation sites is 1. The van der Waals surface area contributed by atoms with Gasteiger partial charge in [-0.3, -0.25) is 0 Å². The highest BCUT2D eigenvalue weighted by molar-refractivity contribution is 5.80. The van der Waals surface area contributed by atoms with Crippen molar-refractivity contribution in [2.75, 3.05) is 0 Å². The number of carbonyl (C=O) groups is 1. The van der Waals surface area contributed by atoms with Crippen LogP contribution in [-0.2, 0) is 4.79 Å². The molecule has 0 saturated heterocycles. The van der Waals surface area contributed by atoms with Crippen LogP contribution in [0.25, 0.3) is 10.9 Å². The molecule has 0 aliphatic rings. The van der Waals surface area contributed by atoms with Crippen molar-refractivity contribution in [3.8, 4) is 0 Å². The van der Waals surface area contributed by atoms with E-state index >= 15 is 0 Å². The molecular weight excluding hydrogens is 231 g/mol. The second kappa shape index (κ2) is 4.24. The molecular formula is C12H10F3NO. The smallest absolute Gasteiger partial charge is 0.358 e. The van der Waals surface area contributed by atoms with Gasteiger partial charge < -0.3 is 9.78 Å². The number of nitrogens with one attached hydrogen (secondary N) is 1. The van der Waals surface area contributed by atoms with Gasteiger partial charge in [0.15, 0.2) is 0 Å². The lowest BCUT2D eigenvalue weighted by molar-refractivity contribution is -0.154. The first-order chi connectivity index (χ1) is 8.02. The van der Waals surface area contributed by atoms with E-state index in [1.807, 2.05) is 0 Å². The van der Waals surface area contributed by atoms with Gasteiger partial charge in [0.2, 0.25) is 0 Å². The largest absolute Gasteiger partial charge is 0.397 e. The van der Waals surface area contributed by atoms with Crippen molar-refractivity contribution >= 4 is 17.2 Å². The molecule has 1 heterocycles. The lowest BCUT2D eigenvalue weighted by atomic mass is 10.0. The lowest BCUT2D eigenvalue weighted by Gasteiger charge is -2.16. The van der Waals surface area contributed by atoms with Crippen LogP contribution in [0, 0.1) is 0 Å². The van der Waals surface area contributed by atoms with E-state index in [9.17, 15) is 18.0 Å². The van der Waals surface area contributed by atoms with Gasteiger partial charge in [-0.1, -0.05) is 18.2 Å². The Balaban J connectivity index is 2.45. The van der Waals surface area contributed by atoms with E-state index in [-0.39, 0.29) is 5.69 Å². The van der Waals surface area contributed by atoms with Crippen molar-refractivity contribution in [1.82, 2.24) is 4.98 Å². The fourth-order valence-electron chi connectivity index (χ4n) is 1.82. The predicted molar refractivity (Wildman–Crippen MR) is 57.8 cm³/mol. The number of benzene rings is 1. The highest BCUT2D eigenvalue weighted by Gasteiger charge is 2.41. The van der Waals surface area contributed by atoms with Gasteiger partial charge in [-0.15, -0.1) is 0 Å². The number of rotatable bonds is 3. The van der Waals surface area contributed by atoms with Gasteiger partial charge >= 0.3 is 6.18 Å². The van der Waals surface area contributed by atoms with Crippen LogP contribution in [0.5, 0.6) is 0 Å². The summed E-state index contributed by atoms with van der Waals surface area (Å²) in [4.78, 5) is 13.0. The predicted octanol–water partition coefficient (Wildman–Crippen LogP) is 3.40. The summed E-state index contributed by atoms with van der Waals surface area (Å²) < 4.78 is 38.2. The Morgan fingerprint density at radius 3 is 2.59 bits per heavy atom. The monoisotopic (exact) mass is 241 g/mol. The Morgan fingerprint density at radius 1 is 1.29 bits per heavy atom. The molecule has 1 atom stereocenters. The van der Waals surface area contributed by atoms with Crippen molar-refractivity contribution in [3.05, 3.63) is 36.0 Å². The summed E-state index contributed by atoms with van der Waals surface area (Å²) >= 11 is 0. The molecule has 0 aliphatic heterocycles. The van der Waals surface area contributed by atoms with Crippen LogP contribution < -0.4 is 0 Å². The van der Waals surface area contributed by atoms with Gasteiger partial charge in [0.25, 0.3) is 0 Å². The van der Waals surface area contributed by atoms with Crippen LogP contribution in [0.15, 0.2) is 30.3 Å². The van der Waals surface area contributed by atoms with Gasteiger partial charge in [-0.05, 0) is 17.5 Å². The van der Waals surface area contributed by atoms with Gasteiger partial charge in [0.05, 0.1) is 0 Å². The van der Waals surface area contributed by atoms with E-state index in [2.05, 4.69) is 4.98 Å². The average molecular weight is 241 g/mol. The molecule has 17 heavy (non-hydrogen) atoms. The normalized spacial score (nSPS) is 13.8. The molecule has 2 rings (SSSR count). The zero-order valence-electron chi connectivity index (χ0n) is 8.79. The Kier molecular flexibility index (Phi) is 2.92. The summed E-state index contributed by atoms with van der Waals surface area (Å²) in [7, 11) is 0. The molecule has 1 aromatic heterocycles. The third-order valence-electron chi connectivity index (χ3n) is 2.65. The quantitative estimate of drug-likeness (QED) is 0.821. The van der Waals surface area contributed by atoms with E-state index in [4.69, 9.17) is 0 Å². The molecule has 5 heteroatoms. The van der Waals surface area contributed by atoms with Crippen LogP contribution >= 0.6 is 0 Å². The molecule has 1 aromatic carbocycles. The summed E-state index contributed by atoms with van der Waals surface area (Å²) in [5, 5.41) is 0.711. The Labute approximate surface area is 95.4 Å². The highest BCUT2D eigenvalue weighted by Crippen LogP contribution is 2.37. The van der Waals surface area contributed by atoms with E-state index in [0.29, 0.717) is 17.2 Å². The first-order valence-corrected chi connectivity index (χ1v) is 5.10. The third-order valence-corrected chi connectivity index (χ3v) is 2.65. The summed E-state index contributed by atoms with van der Waals surface area (Å²) in [5.74, 6) is -1.76. The average Bonchev–Trinajstić information content (AvgIpc) is 2.67. The number of hydrogen-bond acceptors (Lipinski definition) is 1. The van der Waals surface area contributed by atoms with E-state index in [0.717, 1.165) is 0 Å². The molecule has 2 aromatic rings. The molecule has 1 unspecified atom stereocenters. The number of fused-ring (bicyclic) bond motifs is 1. The Hall–Kier alpha value is -1.78. The standard InChI is InChI=1S/C12H10F3NO/c13-12(14,15)9(5-6-17)11-7-8-3-1-2-4-10(8)16-11/h1-4,6-7,9,16H,5H2. The SMILES string of the molecule is O=CCC(c1cc2ccccc2[nH]1)C(F)(F)F. The van der Waals surface area contributed by atoms with Crippen molar-refractivity contribution in [2.45, 2.75) is 18.5 Å². The molecule has 0 radical (unpaired) electrons. The van der Waals surface area contributed by atoms with Crippen LogP contribution in [0.2, 0.25) is 0 Å². The van der Waals surface area contributed by atoms with Gasteiger partial charge in [-0.2, -0.15) is 13.2 Å². The fourth-order valence-corrected chi connectivity index (χ4v) is 1.82. The van der Waals surface area contributed by atoms with Crippen molar-refractivity contribution in [3.63, 3.8) is 0 Å². The maximum atomic E-state index is 12.7. The van der Waals surface area contributed by atoms with Crippen LogP contribution in [0.1, 0.15) is 18.0 Å². The number of aromatic amines is 1. The van der Waals surface area contributed by atoms with Crippen LogP contribution in [0.3, 0.4) is 0 Å². The number of alkyl halides is 3. The molecule has 1 N–H and O–H groups in total. The summed E-state index contributed by atoms with van der Waals surface area (Å²) in [6.07, 6.45) is -4.68. The number of halogens is 3. The van der Waals surface area contributed by atoms with Crippen LogP contribution in [-0.4, -0.2) is 17.4 Å². The van der Waals surface area contributed by atoms with Crippen molar-refractivity contribution in [2.24, 2.45) is 0 Å². The number of H-pyrrole nitrogens is 1. The highest BCUT2D eigenvalue weighted by atomic mass is 19.4. The molecule has 2 nitrogen and oxygen atoms in total. The maximum absolute atomic E-state index is 12.7. The van der Waals surface area contributed by atoms with E-state index in [1.165, 1.54) is 6.07 Å². The minimum absolute atomic E-state index is 0.0331. The molecule has 0 spiro atoms. The Bertz CT molecular complexity index is 497. The molecule has 0 aliphatic carbocycles. The first kappa shape index (κ1) is 11.7. The minimum atomic E-state index is -4.41. The maximum Gasteiger partial charge on any atom is 0.397 e. The molecule has 0 bridgehead atoms. The zero-order valence-corrected chi connectivity index (χ0v) is 8.79. The number of hydrogen-bond donors (Lipinski definition) is 1. The van der Waals surface area contributed by atoms with Crippen LogP contribution in [0.4, 0.5) is 13.2 Å².